The molecule has 30 heavy (non-hydrogen) atoms. The summed E-state index contributed by atoms with van der Waals surface area (Å²) in [5.41, 5.74) is 1.98. The van der Waals surface area contributed by atoms with E-state index >= 15 is 0 Å². The normalized spacial score (nSPS) is 17.4. The summed E-state index contributed by atoms with van der Waals surface area (Å²) in [7, 11) is 1.78. The number of carbonyl (C=O) groups excluding carboxylic acids is 1. The summed E-state index contributed by atoms with van der Waals surface area (Å²) in [6, 6.07) is 17.9. The summed E-state index contributed by atoms with van der Waals surface area (Å²) in [5, 5.41) is 0. The third-order valence-corrected chi connectivity index (χ3v) is 5.77. The van der Waals surface area contributed by atoms with E-state index in [1.54, 1.807) is 7.11 Å². The third-order valence-electron chi connectivity index (χ3n) is 5.77. The molecule has 0 aliphatic carbocycles. The summed E-state index contributed by atoms with van der Waals surface area (Å²) >= 11 is 0. The van der Waals surface area contributed by atoms with Crippen LogP contribution in [0.1, 0.15) is 35.9 Å². The van der Waals surface area contributed by atoms with Gasteiger partial charge in [-0.15, -0.1) is 0 Å². The minimum absolute atomic E-state index is 0.0227. The van der Waals surface area contributed by atoms with Gasteiger partial charge >= 0.3 is 0 Å². The molecule has 2 aromatic rings. The molecule has 1 fully saturated rings. The highest BCUT2D eigenvalue weighted by atomic mass is 16.5. The van der Waals surface area contributed by atoms with Crippen LogP contribution in [0.4, 0.5) is 0 Å². The maximum atomic E-state index is 12.8. The Morgan fingerprint density at radius 3 is 2.10 bits per heavy atom. The van der Waals surface area contributed by atoms with Crippen LogP contribution in [0.2, 0.25) is 0 Å². The zero-order chi connectivity index (χ0) is 21.3. The molecule has 5 nitrogen and oxygen atoms in total. The van der Waals surface area contributed by atoms with E-state index in [2.05, 4.69) is 34.1 Å². The summed E-state index contributed by atoms with van der Waals surface area (Å²) in [5.74, 6) is 0.984. The molecule has 5 heteroatoms. The number of Topliss-reactive ketones (excluding diaryl/α,β-unsaturated/α-hetero) is 1. The predicted molar refractivity (Wildman–Crippen MR) is 120 cm³/mol. The first kappa shape index (κ1) is 22.5. The smallest absolute Gasteiger partial charge is 0.166 e. The number of methoxy groups -OCH3 is 1. The van der Waals surface area contributed by atoms with E-state index in [9.17, 15) is 4.79 Å². The van der Waals surface area contributed by atoms with Crippen LogP contribution >= 0.6 is 0 Å². The number of nitrogens with zero attached hydrogens (tertiary/aromatic N) is 2. The number of piperazine rings is 1. The first-order chi connectivity index (χ1) is 14.6. The topological polar surface area (TPSA) is 42.0 Å². The molecular weight excluding hydrogens is 376 g/mol. The van der Waals surface area contributed by atoms with Gasteiger partial charge in [0.1, 0.15) is 5.75 Å². The van der Waals surface area contributed by atoms with Gasteiger partial charge in [0.05, 0.1) is 12.7 Å². The zero-order valence-corrected chi connectivity index (χ0v) is 18.4. The average Bonchev–Trinajstić information content (AvgIpc) is 2.79. The maximum absolute atomic E-state index is 12.8. The molecule has 0 radical (unpaired) electrons. The highest BCUT2D eigenvalue weighted by molar-refractivity contribution is 5.97. The van der Waals surface area contributed by atoms with Gasteiger partial charge in [-0.05, 0) is 36.8 Å². The molecule has 0 bridgehead atoms. The standard InChI is InChI=1S/C25H34N2O3/c1-4-30-23-12-10-22(11-13-23)25(28)20(2)18-26-14-16-27(17-15-26)19-24(29-3)21-8-6-5-7-9-21/h5-13,20,24H,4,14-19H2,1-3H3. The minimum atomic E-state index is -0.0227. The maximum Gasteiger partial charge on any atom is 0.166 e. The van der Waals surface area contributed by atoms with Crippen molar-refractivity contribution in [2.24, 2.45) is 5.92 Å². The van der Waals surface area contributed by atoms with Crippen molar-refractivity contribution in [3.8, 4) is 5.75 Å². The molecule has 0 N–H and O–H groups in total. The van der Waals surface area contributed by atoms with Crippen LogP contribution in [-0.4, -0.2) is 68.6 Å². The van der Waals surface area contributed by atoms with Gasteiger partial charge in [0, 0.05) is 57.9 Å². The van der Waals surface area contributed by atoms with Crippen LogP contribution in [0.15, 0.2) is 54.6 Å². The van der Waals surface area contributed by atoms with Gasteiger partial charge in [0.2, 0.25) is 0 Å². The van der Waals surface area contributed by atoms with Gasteiger partial charge in [-0.3, -0.25) is 9.69 Å². The molecule has 0 amide bonds. The van der Waals surface area contributed by atoms with Gasteiger partial charge < -0.3 is 14.4 Å². The second-order valence-corrected chi connectivity index (χ2v) is 7.96. The molecule has 2 atom stereocenters. The van der Waals surface area contributed by atoms with Crippen LogP contribution in [0, 0.1) is 5.92 Å². The van der Waals surface area contributed by atoms with E-state index in [0.29, 0.717) is 6.61 Å². The Balaban J connectivity index is 1.46. The van der Waals surface area contributed by atoms with E-state index in [4.69, 9.17) is 9.47 Å². The van der Waals surface area contributed by atoms with Crippen LogP contribution in [0.25, 0.3) is 0 Å². The van der Waals surface area contributed by atoms with Crippen molar-refractivity contribution in [1.82, 2.24) is 9.80 Å². The van der Waals surface area contributed by atoms with Gasteiger partial charge in [0.25, 0.3) is 0 Å². The quantitative estimate of drug-likeness (QED) is 0.556. The summed E-state index contributed by atoms with van der Waals surface area (Å²) in [4.78, 5) is 17.7. The second kappa shape index (κ2) is 11.3. The number of rotatable bonds is 10. The summed E-state index contributed by atoms with van der Waals surface area (Å²) < 4.78 is 11.2. The predicted octanol–water partition coefficient (Wildman–Crippen LogP) is 3.91. The first-order valence-corrected chi connectivity index (χ1v) is 10.9. The molecule has 162 valence electrons. The van der Waals surface area contributed by atoms with E-state index in [1.165, 1.54) is 5.56 Å². The van der Waals surface area contributed by atoms with E-state index < -0.39 is 0 Å². The van der Waals surface area contributed by atoms with Crippen LogP contribution in [0.3, 0.4) is 0 Å². The van der Waals surface area contributed by atoms with Crippen molar-refractivity contribution in [3.63, 3.8) is 0 Å². The highest BCUT2D eigenvalue weighted by Gasteiger charge is 2.24. The Kier molecular flexibility index (Phi) is 8.43. The minimum Gasteiger partial charge on any atom is -0.494 e. The van der Waals surface area contributed by atoms with Gasteiger partial charge in [-0.25, -0.2) is 0 Å². The van der Waals surface area contributed by atoms with Crippen molar-refractivity contribution < 1.29 is 14.3 Å². The molecule has 2 aromatic carbocycles. The molecule has 0 saturated carbocycles. The molecule has 2 unspecified atom stereocenters. The molecule has 1 aliphatic rings. The van der Waals surface area contributed by atoms with Crippen molar-refractivity contribution in [2.75, 3.05) is 53.0 Å². The molecule has 1 heterocycles. The molecular formula is C25H34N2O3. The van der Waals surface area contributed by atoms with E-state index in [1.807, 2.05) is 44.2 Å². The van der Waals surface area contributed by atoms with E-state index in [0.717, 1.165) is 50.6 Å². The monoisotopic (exact) mass is 410 g/mol. The molecule has 0 spiro atoms. The third kappa shape index (κ3) is 6.14. The van der Waals surface area contributed by atoms with Crippen LogP contribution in [0.5, 0.6) is 5.75 Å². The zero-order valence-electron chi connectivity index (χ0n) is 18.4. The van der Waals surface area contributed by atoms with Crippen LogP contribution in [-0.2, 0) is 4.74 Å². The molecule has 1 aliphatic heterocycles. The van der Waals surface area contributed by atoms with Gasteiger partial charge in [0.15, 0.2) is 5.78 Å². The Morgan fingerprint density at radius 2 is 1.53 bits per heavy atom. The van der Waals surface area contributed by atoms with Crippen molar-refractivity contribution >= 4 is 5.78 Å². The van der Waals surface area contributed by atoms with Gasteiger partial charge in [-0.1, -0.05) is 37.3 Å². The Bertz CT molecular complexity index is 771. The second-order valence-electron chi connectivity index (χ2n) is 7.96. The van der Waals surface area contributed by atoms with E-state index in [-0.39, 0.29) is 17.8 Å². The Labute approximate surface area is 180 Å². The lowest BCUT2D eigenvalue weighted by molar-refractivity contribution is 0.0392. The lowest BCUT2D eigenvalue weighted by Gasteiger charge is -2.37. The van der Waals surface area contributed by atoms with Gasteiger partial charge in [-0.2, -0.15) is 0 Å². The number of ketones is 1. The van der Waals surface area contributed by atoms with Crippen molar-refractivity contribution in [1.29, 1.82) is 0 Å². The fourth-order valence-electron chi connectivity index (χ4n) is 4.01. The van der Waals surface area contributed by atoms with Crippen molar-refractivity contribution in [2.45, 2.75) is 20.0 Å². The fraction of sp³-hybridized carbons (Fsp3) is 0.480. The van der Waals surface area contributed by atoms with Crippen LogP contribution < -0.4 is 4.74 Å². The fourth-order valence-corrected chi connectivity index (χ4v) is 4.01. The van der Waals surface area contributed by atoms with Crippen molar-refractivity contribution in [3.05, 3.63) is 65.7 Å². The average molecular weight is 411 g/mol. The number of ether oxygens (including phenoxy) is 2. The molecule has 0 aromatic heterocycles. The number of benzene rings is 2. The SMILES string of the molecule is CCOc1ccc(C(=O)C(C)CN2CCN(CC(OC)c3ccccc3)CC2)cc1. The summed E-state index contributed by atoms with van der Waals surface area (Å²) in [6.07, 6.45) is 0.0953. The first-order valence-electron chi connectivity index (χ1n) is 10.9. The lowest BCUT2D eigenvalue weighted by atomic mass is 9.98. The Morgan fingerprint density at radius 1 is 0.933 bits per heavy atom. The molecule has 1 saturated heterocycles. The Hall–Kier alpha value is -2.21. The number of carbonyl (C=O) groups is 1. The number of hydrogen-bond donors (Lipinski definition) is 0. The summed E-state index contributed by atoms with van der Waals surface area (Å²) in [6.45, 7) is 10.3. The lowest BCUT2D eigenvalue weighted by Crippen LogP contribution is -2.49. The number of hydrogen-bond acceptors (Lipinski definition) is 5. The largest absolute Gasteiger partial charge is 0.494 e. The highest BCUT2D eigenvalue weighted by Crippen LogP contribution is 2.20. The molecule has 3 rings (SSSR count).